The van der Waals surface area contributed by atoms with E-state index in [0.29, 0.717) is 11.5 Å². The molecule has 3 heterocycles. The Hall–Kier alpha value is -1.67. The highest BCUT2D eigenvalue weighted by Gasteiger charge is 2.38. The van der Waals surface area contributed by atoms with Crippen molar-refractivity contribution in [2.75, 3.05) is 5.75 Å². The minimum atomic E-state index is -1.21. The van der Waals surface area contributed by atoms with Gasteiger partial charge in [0.15, 0.2) is 5.44 Å². The predicted octanol–water partition coefficient (Wildman–Crippen LogP) is 0.678. The number of aromatic nitrogens is 2. The molecule has 0 amide bonds. The Labute approximate surface area is 131 Å². The first kappa shape index (κ1) is 15.2. The molecule has 7 heteroatoms. The predicted molar refractivity (Wildman–Crippen MR) is 82.4 cm³/mol. The van der Waals surface area contributed by atoms with Crippen molar-refractivity contribution < 1.29 is 20.1 Å². The van der Waals surface area contributed by atoms with Gasteiger partial charge in [-0.1, -0.05) is 0 Å². The largest absolute Gasteiger partial charge is 0.475 e. The van der Waals surface area contributed by atoms with Crippen LogP contribution in [0.1, 0.15) is 0 Å². The summed E-state index contributed by atoms with van der Waals surface area (Å²) in [4.78, 5) is 8.11. The Bertz CT molecular complexity index is 628. The second-order valence-corrected chi connectivity index (χ2v) is 6.14. The lowest BCUT2D eigenvalue weighted by atomic mass is 10.1. The lowest BCUT2D eigenvalue weighted by Crippen LogP contribution is -2.50. The number of thioether (sulfide) groups is 1. The molecule has 2 aromatic heterocycles. The van der Waals surface area contributed by atoms with Gasteiger partial charge in [-0.3, -0.25) is 9.97 Å². The van der Waals surface area contributed by atoms with Crippen LogP contribution >= 0.6 is 11.8 Å². The van der Waals surface area contributed by atoms with Crippen molar-refractivity contribution in [3.8, 4) is 16.9 Å². The van der Waals surface area contributed by atoms with Crippen LogP contribution in [-0.2, 0) is 0 Å². The second-order valence-electron chi connectivity index (χ2n) is 5.01. The SMILES string of the molecule is O[C@@H]1[C@@H](O)[C@H](Oc2cncc(-c3ccncc3)c2)SC[C@H]1O. The molecular formula is C15H16N2O4S. The molecule has 2 aromatic rings. The van der Waals surface area contributed by atoms with Gasteiger partial charge in [-0.05, 0) is 23.8 Å². The van der Waals surface area contributed by atoms with Crippen LogP contribution in [-0.4, -0.2) is 54.8 Å². The molecule has 1 saturated heterocycles. The maximum absolute atomic E-state index is 9.97. The van der Waals surface area contributed by atoms with E-state index in [4.69, 9.17) is 4.74 Å². The summed E-state index contributed by atoms with van der Waals surface area (Å²) >= 11 is 1.26. The molecule has 116 valence electrons. The molecule has 0 unspecified atom stereocenters. The van der Waals surface area contributed by atoms with Gasteiger partial charge in [0.25, 0.3) is 0 Å². The highest BCUT2D eigenvalue weighted by Crippen LogP contribution is 2.30. The van der Waals surface area contributed by atoms with Gasteiger partial charge >= 0.3 is 0 Å². The molecule has 0 saturated carbocycles. The van der Waals surface area contributed by atoms with Gasteiger partial charge in [0.2, 0.25) is 0 Å². The monoisotopic (exact) mass is 320 g/mol. The van der Waals surface area contributed by atoms with Crippen LogP contribution in [0.4, 0.5) is 0 Å². The number of ether oxygens (including phenoxy) is 1. The highest BCUT2D eigenvalue weighted by molar-refractivity contribution is 7.99. The Morgan fingerprint density at radius 2 is 1.77 bits per heavy atom. The van der Waals surface area contributed by atoms with Crippen LogP contribution in [0.5, 0.6) is 5.75 Å². The summed E-state index contributed by atoms with van der Waals surface area (Å²) in [5.74, 6) is 0.801. The maximum Gasteiger partial charge on any atom is 0.173 e. The fourth-order valence-electron chi connectivity index (χ4n) is 2.20. The average molecular weight is 320 g/mol. The number of hydrogen-bond acceptors (Lipinski definition) is 7. The van der Waals surface area contributed by atoms with Crippen molar-refractivity contribution in [1.29, 1.82) is 0 Å². The van der Waals surface area contributed by atoms with E-state index in [9.17, 15) is 15.3 Å². The molecule has 0 aromatic carbocycles. The van der Waals surface area contributed by atoms with E-state index in [1.165, 1.54) is 11.8 Å². The van der Waals surface area contributed by atoms with Crippen molar-refractivity contribution in [2.24, 2.45) is 0 Å². The normalized spacial score (nSPS) is 28.3. The Morgan fingerprint density at radius 1 is 1.00 bits per heavy atom. The van der Waals surface area contributed by atoms with Crippen LogP contribution in [0.2, 0.25) is 0 Å². The second kappa shape index (κ2) is 6.62. The summed E-state index contributed by atoms with van der Waals surface area (Å²) in [6, 6.07) is 5.54. The van der Waals surface area contributed by atoms with Crippen LogP contribution in [0, 0.1) is 0 Å². The third-order valence-corrected chi connectivity index (χ3v) is 4.67. The van der Waals surface area contributed by atoms with Gasteiger partial charge < -0.3 is 20.1 Å². The molecule has 1 aliphatic heterocycles. The maximum atomic E-state index is 9.97. The molecule has 1 aliphatic rings. The van der Waals surface area contributed by atoms with Gasteiger partial charge in [-0.15, -0.1) is 11.8 Å². The summed E-state index contributed by atoms with van der Waals surface area (Å²) in [5, 5.41) is 29.2. The fourth-order valence-corrected chi connectivity index (χ4v) is 3.32. The van der Waals surface area contributed by atoms with Crippen LogP contribution in [0.15, 0.2) is 43.0 Å². The number of nitrogens with zero attached hydrogens (tertiary/aromatic N) is 2. The quantitative estimate of drug-likeness (QED) is 0.765. The molecule has 22 heavy (non-hydrogen) atoms. The van der Waals surface area contributed by atoms with Gasteiger partial charge in [0, 0.05) is 29.9 Å². The number of pyridine rings is 2. The molecule has 3 N–H and O–H groups in total. The zero-order chi connectivity index (χ0) is 15.5. The zero-order valence-electron chi connectivity index (χ0n) is 11.6. The molecule has 0 radical (unpaired) electrons. The van der Waals surface area contributed by atoms with E-state index in [1.807, 2.05) is 18.2 Å². The smallest absolute Gasteiger partial charge is 0.173 e. The standard InChI is InChI=1S/C15H16N2O4S/c18-12-8-22-15(14(20)13(12)19)21-11-5-10(6-17-7-11)9-1-3-16-4-2-9/h1-7,12-15,18-20H,8H2/t12-,13+,14-,15-/m1/s1. The first-order valence-corrected chi connectivity index (χ1v) is 7.88. The number of aliphatic hydroxyl groups is 3. The summed E-state index contributed by atoms with van der Waals surface area (Å²) in [7, 11) is 0. The van der Waals surface area contributed by atoms with Crippen LogP contribution in [0.25, 0.3) is 11.1 Å². The van der Waals surface area contributed by atoms with E-state index in [-0.39, 0.29) is 0 Å². The van der Waals surface area contributed by atoms with E-state index in [2.05, 4.69) is 9.97 Å². The summed E-state index contributed by atoms with van der Waals surface area (Å²) < 4.78 is 5.71. The van der Waals surface area contributed by atoms with E-state index in [0.717, 1.165) is 11.1 Å². The first-order valence-electron chi connectivity index (χ1n) is 6.83. The summed E-state index contributed by atoms with van der Waals surface area (Å²) in [5.41, 5.74) is 1.18. The van der Waals surface area contributed by atoms with Crippen LogP contribution < -0.4 is 4.74 Å². The van der Waals surface area contributed by atoms with Crippen molar-refractivity contribution in [3.63, 3.8) is 0 Å². The van der Waals surface area contributed by atoms with Crippen molar-refractivity contribution in [2.45, 2.75) is 23.7 Å². The lowest BCUT2D eigenvalue weighted by molar-refractivity contribution is -0.0786. The number of hydrogen-bond donors (Lipinski definition) is 3. The molecule has 4 atom stereocenters. The van der Waals surface area contributed by atoms with Crippen molar-refractivity contribution >= 4 is 11.8 Å². The first-order chi connectivity index (χ1) is 10.6. The molecule has 0 spiro atoms. The molecule has 6 nitrogen and oxygen atoms in total. The molecule has 0 aliphatic carbocycles. The van der Waals surface area contributed by atoms with Gasteiger partial charge in [-0.2, -0.15) is 0 Å². The van der Waals surface area contributed by atoms with E-state index < -0.39 is 23.7 Å². The zero-order valence-corrected chi connectivity index (χ0v) is 12.4. The molecule has 1 fully saturated rings. The third kappa shape index (κ3) is 3.22. The van der Waals surface area contributed by atoms with Gasteiger partial charge in [-0.25, -0.2) is 0 Å². The Morgan fingerprint density at radius 3 is 2.55 bits per heavy atom. The van der Waals surface area contributed by atoms with Crippen molar-refractivity contribution in [3.05, 3.63) is 43.0 Å². The van der Waals surface area contributed by atoms with Crippen molar-refractivity contribution in [1.82, 2.24) is 9.97 Å². The number of aliphatic hydroxyl groups excluding tert-OH is 3. The molecule has 3 rings (SSSR count). The topological polar surface area (TPSA) is 95.7 Å². The van der Waals surface area contributed by atoms with E-state index >= 15 is 0 Å². The number of rotatable bonds is 3. The Balaban J connectivity index is 1.76. The fraction of sp³-hybridized carbons (Fsp3) is 0.333. The molecule has 0 bridgehead atoms. The minimum absolute atomic E-state index is 0.306. The summed E-state index contributed by atoms with van der Waals surface area (Å²) in [6.07, 6.45) is 3.35. The average Bonchev–Trinajstić information content (AvgIpc) is 2.57. The minimum Gasteiger partial charge on any atom is -0.475 e. The van der Waals surface area contributed by atoms with Gasteiger partial charge in [0.05, 0.1) is 12.3 Å². The van der Waals surface area contributed by atoms with Gasteiger partial charge in [0.1, 0.15) is 18.0 Å². The molecular weight excluding hydrogens is 304 g/mol. The lowest BCUT2D eigenvalue weighted by Gasteiger charge is -2.34. The van der Waals surface area contributed by atoms with Crippen LogP contribution in [0.3, 0.4) is 0 Å². The Kier molecular flexibility index (Phi) is 4.58. The third-order valence-electron chi connectivity index (χ3n) is 3.43. The highest BCUT2D eigenvalue weighted by atomic mass is 32.2. The van der Waals surface area contributed by atoms with E-state index in [1.54, 1.807) is 24.8 Å². The summed E-state index contributed by atoms with van der Waals surface area (Å²) in [6.45, 7) is 0.